The molecule has 2 heterocycles. The molecule has 0 spiro atoms. The smallest absolute Gasteiger partial charge is 0.272 e. The highest BCUT2D eigenvalue weighted by Crippen LogP contribution is 2.20. The lowest BCUT2D eigenvalue weighted by Gasteiger charge is -2.28. The first-order chi connectivity index (χ1) is 10.6. The molecular formula is C18H21N3O. The standard InChI is InChI=1S/C18H21N3O/c1-13(2)20-16-7-8-17(19-11-16)18(22)21-10-9-14-5-3-4-6-15(14)12-21/h3-8,11,13,20H,9-10,12H2,1-2H3. The van der Waals surface area contributed by atoms with E-state index in [4.69, 9.17) is 0 Å². The third kappa shape index (κ3) is 3.11. The van der Waals surface area contributed by atoms with Crippen molar-refractivity contribution >= 4 is 11.6 Å². The molecule has 22 heavy (non-hydrogen) atoms. The van der Waals surface area contributed by atoms with Crippen molar-refractivity contribution in [2.75, 3.05) is 11.9 Å². The number of pyridine rings is 1. The van der Waals surface area contributed by atoms with Gasteiger partial charge in [-0.05, 0) is 43.5 Å². The number of carbonyl (C=O) groups excluding carboxylic acids is 1. The summed E-state index contributed by atoms with van der Waals surface area (Å²) in [4.78, 5) is 18.8. The van der Waals surface area contributed by atoms with Crippen molar-refractivity contribution in [2.45, 2.75) is 32.9 Å². The summed E-state index contributed by atoms with van der Waals surface area (Å²) in [5.74, 6) is 0.00519. The number of benzene rings is 1. The zero-order valence-electron chi connectivity index (χ0n) is 13.0. The van der Waals surface area contributed by atoms with Crippen LogP contribution in [0.4, 0.5) is 5.69 Å². The van der Waals surface area contributed by atoms with Crippen LogP contribution in [0, 0.1) is 0 Å². The SMILES string of the molecule is CC(C)Nc1ccc(C(=O)N2CCc3ccccc3C2)nc1. The molecule has 0 fully saturated rings. The summed E-state index contributed by atoms with van der Waals surface area (Å²) in [6.45, 7) is 5.57. The van der Waals surface area contributed by atoms with E-state index in [-0.39, 0.29) is 5.91 Å². The van der Waals surface area contributed by atoms with Crippen molar-refractivity contribution in [1.29, 1.82) is 0 Å². The van der Waals surface area contributed by atoms with Crippen LogP contribution in [-0.2, 0) is 13.0 Å². The minimum Gasteiger partial charge on any atom is -0.382 e. The largest absolute Gasteiger partial charge is 0.382 e. The van der Waals surface area contributed by atoms with Crippen LogP contribution in [-0.4, -0.2) is 28.4 Å². The lowest BCUT2D eigenvalue weighted by molar-refractivity contribution is 0.0729. The Labute approximate surface area is 131 Å². The highest BCUT2D eigenvalue weighted by Gasteiger charge is 2.22. The van der Waals surface area contributed by atoms with Crippen LogP contribution < -0.4 is 5.32 Å². The van der Waals surface area contributed by atoms with Gasteiger partial charge in [0.05, 0.1) is 11.9 Å². The summed E-state index contributed by atoms with van der Waals surface area (Å²) in [5.41, 5.74) is 4.03. The van der Waals surface area contributed by atoms with Crippen molar-refractivity contribution in [3.8, 4) is 0 Å². The second-order valence-electron chi connectivity index (χ2n) is 5.98. The van der Waals surface area contributed by atoms with Gasteiger partial charge in [0.1, 0.15) is 5.69 Å². The molecule has 0 atom stereocenters. The van der Waals surface area contributed by atoms with Crippen molar-refractivity contribution in [3.63, 3.8) is 0 Å². The molecule has 4 heteroatoms. The van der Waals surface area contributed by atoms with E-state index in [9.17, 15) is 4.79 Å². The van der Waals surface area contributed by atoms with Gasteiger partial charge in [-0.3, -0.25) is 4.79 Å². The molecule has 114 valence electrons. The number of anilines is 1. The Bertz CT molecular complexity index is 664. The van der Waals surface area contributed by atoms with Crippen LogP contribution in [0.3, 0.4) is 0 Å². The predicted octanol–water partition coefficient (Wildman–Crippen LogP) is 3.10. The van der Waals surface area contributed by atoms with Crippen LogP contribution in [0.15, 0.2) is 42.6 Å². The first-order valence-corrected chi connectivity index (χ1v) is 7.72. The van der Waals surface area contributed by atoms with E-state index in [2.05, 4.69) is 42.3 Å². The molecule has 1 aromatic heterocycles. The third-order valence-corrected chi connectivity index (χ3v) is 3.86. The van der Waals surface area contributed by atoms with Gasteiger partial charge in [0.2, 0.25) is 0 Å². The fourth-order valence-electron chi connectivity index (χ4n) is 2.77. The second kappa shape index (κ2) is 6.18. The summed E-state index contributed by atoms with van der Waals surface area (Å²) < 4.78 is 0. The number of amides is 1. The number of hydrogen-bond acceptors (Lipinski definition) is 3. The maximum Gasteiger partial charge on any atom is 0.272 e. The molecule has 0 radical (unpaired) electrons. The minimum absolute atomic E-state index is 0.00519. The molecule has 0 bridgehead atoms. The molecule has 1 aliphatic rings. The molecule has 1 aromatic carbocycles. The summed E-state index contributed by atoms with van der Waals surface area (Å²) in [5, 5.41) is 3.28. The second-order valence-corrected chi connectivity index (χ2v) is 5.98. The molecule has 4 nitrogen and oxygen atoms in total. The number of carbonyl (C=O) groups is 1. The predicted molar refractivity (Wildman–Crippen MR) is 87.9 cm³/mol. The Morgan fingerprint density at radius 2 is 1.95 bits per heavy atom. The molecule has 1 N–H and O–H groups in total. The van der Waals surface area contributed by atoms with Gasteiger partial charge in [-0.2, -0.15) is 0 Å². The molecule has 0 unspecified atom stereocenters. The monoisotopic (exact) mass is 295 g/mol. The van der Waals surface area contributed by atoms with Gasteiger partial charge >= 0.3 is 0 Å². The Kier molecular flexibility index (Phi) is 4.09. The first kappa shape index (κ1) is 14.6. The van der Waals surface area contributed by atoms with Gasteiger partial charge in [0.25, 0.3) is 5.91 Å². The number of fused-ring (bicyclic) bond motifs is 1. The topological polar surface area (TPSA) is 45.2 Å². The number of nitrogens with one attached hydrogen (secondary N) is 1. The van der Waals surface area contributed by atoms with E-state index < -0.39 is 0 Å². The van der Waals surface area contributed by atoms with Crippen molar-refractivity contribution in [2.24, 2.45) is 0 Å². The molecule has 2 aromatic rings. The van der Waals surface area contributed by atoms with E-state index in [1.807, 2.05) is 17.0 Å². The molecule has 0 saturated heterocycles. The fraction of sp³-hybridized carbons (Fsp3) is 0.333. The van der Waals surface area contributed by atoms with Crippen LogP contribution in [0.5, 0.6) is 0 Å². The van der Waals surface area contributed by atoms with Crippen LogP contribution in [0.25, 0.3) is 0 Å². The number of hydrogen-bond donors (Lipinski definition) is 1. The van der Waals surface area contributed by atoms with Crippen LogP contribution >= 0.6 is 0 Å². The lowest BCUT2D eigenvalue weighted by atomic mass is 10.00. The van der Waals surface area contributed by atoms with Gasteiger partial charge in [-0.25, -0.2) is 4.98 Å². The summed E-state index contributed by atoms with van der Waals surface area (Å²) in [6.07, 6.45) is 2.64. The molecule has 0 aliphatic carbocycles. The van der Waals surface area contributed by atoms with E-state index in [1.165, 1.54) is 11.1 Å². The van der Waals surface area contributed by atoms with Crippen molar-refractivity contribution in [1.82, 2.24) is 9.88 Å². The van der Waals surface area contributed by atoms with Crippen molar-refractivity contribution < 1.29 is 4.79 Å². The summed E-state index contributed by atoms with van der Waals surface area (Å²) >= 11 is 0. The average Bonchev–Trinajstić information content (AvgIpc) is 2.54. The maximum absolute atomic E-state index is 12.6. The first-order valence-electron chi connectivity index (χ1n) is 7.72. The highest BCUT2D eigenvalue weighted by molar-refractivity contribution is 5.92. The molecular weight excluding hydrogens is 274 g/mol. The molecule has 1 amide bonds. The van der Waals surface area contributed by atoms with Crippen LogP contribution in [0.2, 0.25) is 0 Å². The minimum atomic E-state index is 0.00519. The lowest BCUT2D eigenvalue weighted by Crippen LogP contribution is -2.36. The van der Waals surface area contributed by atoms with Gasteiger partial charge in [-0.1, -0.05) is 24.3 Å². The Balaban J connectivity index is 1.72. The van der Waals surface area contributed by atoms with Gasteiger partial charge in [-0.15, -0.1) is 0 Å². The van der Waals surface area contributed by atoms with E-state index in [1.54, 1.807) is 12.3 Å². The van der Waals surface area contributed by atoms with E-state index in [0.29, 0.717) is 18.3 Å². The van der Waals surface area contributed by atoms with Crippen LogP contribution in [0.1, 0.15) is 35.5 Å². The third-order valence-electron chi connectivity index (χ3n) is 3.86. The number of rotatable bonds is 3. The summed E-state index contributed by atoms with van der Waals surface area (Å²) in [7, 11) is 0. The zero-order chi connectivity index (χ0) is 15.5. The summed E-state index contributed by atoms with van der Waals surface area (Å²) in [6, 6.07) is 12.4. The Morgan fingerprint density at radius 3 is 2.64 bits per heavy atom. The van der Waals surface area contributed by atoms with Gasteiger partial charge in [0, 0.05) is 19.1 Å². The van der Waals surface area contributed by atoms with Gasteiger partial charge in [0.15, 0.2) is 0 Å². The molecule has 1 aliphatic heterocycles. The fourth-order valence-corrected chi connectivity index (χ4v) is 2.77. The average molecular weight is 295 g/mol. The zero-order valence-corrected chi connectivity index (χ0v) is 13.0. The Hall–Kier alpha value is -2.36. The maximum atomic E-state index is 12.6. The van der Waals surface area contributed by atoms with E-state index in [0.717, 1.165) is 18.7 Å². The Morgan fingerprint density at radius 1 is 1.18 bits per heavy atom. The molecule has 3 rings (SSSR count). The van der Waals surface area contributed by atoms with Gasteiger partial charge < -0.3 is 10.2 Å². The quantitative estimate of drug-likeness (QED) is 0.946. The normalized spacial score (nSPS) is 13.9. The van der Waals surface area contributed by atoms with E-state index >= 15 is 0 Å². The highest BCUT2D eigenvalue weighted by atomic mass is 16.2. The molecule has 0 saturated carbocycles. The van der Waals surface area contributed by atoms with Crippen molar-refractivity contribution in [3.05, 3.63) is 59.4 Å². The number of nitrogens with zero attached hydrogens (tertiary/aromatic N) is 2. The number of aromatic nitrogens is 1.